The van der Waals surface area contributed by atoms with Crippen LogP contribution in [0.15, 0.2) is 24.2 Å². The molecule has 8 rings (SSSR count). The van der Waals surface area contributed by atoms with Gasteiger partial charge in [-0.3, -0.25) is 4.79 Å². The van der Waals surface area contributed by atoms with Crippen LogP contribution >= 0.6 is 0 Å². The van der Waals surface area contributed by atoms with Crippen LogP contribution in [0.2, 0.25) is 0 Å². The van der Waals surface area contributed by atoms with Crippen molar-refractivity contribution in [2.75, 3.05) is 20.8 Å². The number of methoxy groups -OCH3 is 1. The number of hydrogen-bond acceptors (Lipinski definition) is 4. The topological polar surface area (TPSA) is 68.9 Å². The Bertz CT molecular complexity index is 2280. The van der Waals surface area contributed by atoms with Gasteiger partial charge in [0.15, 0.2) is 5.72 Å². The van der Waals surface area contributed by atoms with Crippen LogP contribution < -0.4 is 0 Å². The molecular weight excluding hydrogens is 538 g/mol. The zero-order valence-electron chi connectivity index (χ0n) is 29.7. The van der Waals surface area contributed by atoms with Crippen molar-refractivity contribution in [2.24, 2.45) is 5.92 Å². The van der Waals surface area contributed by atoms with E-state index >= 15 is 0 Å². The monoisotopic (exact) mass is 582 g/mol. The van der Waals surface area contributed by atoms with Gasteiger partial charge in [-0.1, -0.05) is 25.9 Å². The van der Waals surface area contributed by atoms with E-state index in [-0.39, 0.29) is 43.0 Å². The molecule has 1 N–H and O–H groups in total. The molecular formula is C36H41N3O4. The van der Waals surface area contributed by atoms with E-state index in [0.717, 1.165) is 49.6 Å². The van der Waals surface area contributed by atoms with Gasteiger partial charge in [-0.05, 0) is 75.9 Å². The molecule has 3 atom stereocenters. The normalized spacial score (nSPS) is 26.9. The van der Waals surface area contributed by atoms with Crippen molar-refractivity contribution in [3.8, 4) is 0 Å². The minimum Gasteiger partial charge on any atom is -0.382 e. The maximum atomic E-state index is 14.5. The summed E-state index contributed by atoms with van der Waals surface area (Å²) in [6.07, 6.45) is -0.555. The number of rotatable bonds is 3. The summed E-state index contributed by atoms with van der Waals surface area (Å²) in [6.45, 7) is 16.5. The molecule has 0 saturated carbocycles. The van der Waals surface area contributed by atoms with Crippen LogP contribution in [0, 0.1) is 33.6 Å². The molecule has 1 saturated heterocycles. The zero-order chi connectivity index (χ0) is 33.3. The first-order valence-electron chi connectivity index (χ1n) is 16.7. The summed E-state index contributed by atoms with van der Waals surface area (Å²) >= 11 is 0. The van der Waals surface area contributed by atoms with Crippen molar-refractivity contribution >= 4 is 49.5 Å². The largest absolute Gasteiger partial charge is 0.382 e. The molecule has 5 heterocycles. The van der Waals surface area contributed by atoms with E-state index in [1.165, 1.54) is 0 Å². The third-order valence-electron chi connectivity index (χ3n) is 11.3. The van der Waals surface area contributed by atoms with Crippen LogP contribution in [0.5, 0.6) is 0 Å². The van der Waals surface area contributed by atoms with Gasteiger partial charge < -0.3 is 28.6 Å². The van der Waals surface area contributed by atoms with Gasteiger partial charge in [-0.2, -0.15) is 0 Å². The van der Waals surface area contributed by atoms with Crippen molar-refractivity contribution in [2.45, 2.75) is 84.9 Å². The second-order valence-electron chi connectivity index (χ2n) is 14.0. The van der Waals surface area contributed by atoms with Crippen molar-refractivity contribution < 1.29 is 23.5 Å². The molecule has 3 aliphatic rings. The fourth-order valence-electron chi connectivity index (χ4n) is 9.00. The lowest BCUT2D eigenvalue weighted by atomic mass is 9.80. The van der Waals surface area contributed by atoms with E-state index in [1.54, 1.807) is 12.0 Å². The zero-order valence-corrected chi connectivity index (χ0v) is 26.7. The molecule has 7 nitrogen and oxygen atoms in total. The number of fused-ring (bicyclic) bond motifs is 13. The highest BCUT2D eigenvalue weighted by molar-refractivity contribution is 6.32. The Balaban J connectivity index is 1.83. The molecule has 7 heteroatoms. The SMILES string of the molecule is [2H]c1c([2H])c([2H])c2c(c1C)c1c3c(c4c5c(C)c(C)c(C)cc5n5c4c1n2[C@H]1C[C@](O)(COC)[C@]5(C(C)C)O1)C(C)(C)N(C)C3=O. The van der Waals surface area contributed by atoms with Crippen LogP contribution in [-0.2, 0) is 20.7 Å². The quantitative estimate of drug-likeness (QED) is 0.247. The molecule has 224 valence electrons. The summed E-state index contributed by atoms with van der Waals surface area (Å²) in [5, 5.41) is 16.1. The predicted octanol–water partition coefficient (Wildman–Crippen LogP) is 7.08. The van der Waals surface area contributed by atoms with Gasteiger partial charge in [-0.15, -0.1) is 0 Å². The summed E-state index contributed by atoms with van der Waals surface area (Å²) in [7, 11) is 3.43. The number of carbonyl (C=O) groups excluding carboxylic acids is 1. The van der Waals surface area contributed by atoms with Gasteiger partial charge in [0, 0.05) is 53.6 Å². The van der Waals surface area contributed by atoms with Gasteiger partial charge in [0.05, 0.1) is 43.9 Å². The highest BCUT2D eigenvalue weighted by atomic mass is 16.6. The smallest absolute Gasteiger partial charge is 0.255 e. The predicted molar refractivity (Wildman–Crippen MR) is 171 cm³/mol. The van der Waals surface area contributed by atoms with Gasteiger partial charge in [0.2, 0.25) is 0 Å². The Morgan fingerprint density at radius 1 is 1.05 bits per heavy atom. The first-order chi connectivity index (χ1) is 21.5. The summed E-state index contributed by atoms with van der Waals surface area (Å²) in [5.41, 5.74) is 4.92. The molecule has 0 radical (unpaired) electrons. The number of hydrogen-bond donors (Lipinski definition) is 1. The van der Waals surface area contributed by atoms with Crippen LogP contribution in [-0.4, -0.2) is 51.4 Å². The van der Waals surface area contributed by atoms with E-state index in [4.69, 9.17) is 12.2 Å². The third kappa shape index (κ3) is 2.73. The highest BCUT2D eigenvalue weighted by Crippen LogP contribution is 2.62. The minimum absolute atomic E-state index is 0.0231. The fraction of sp³-hybridized carbons (Fsp3) is 0.472. The number of aryl methyl sites for hydroxylation is 3. The van der Waals surface area contributed by atoms with Crippen molar-refractivity contribution in [3.05, 3.63) is 57.6 Å². The van der Waals surface area contributed by atoms with E-state index in [2.05, 4.69) is 59.1 Å². The van der Waals surface area contributed by atoms with E-state index in [1.807, 2.05) is 18.5 Å². The number of aliphatic hydroxyl groups is 1. The van der Waals surface area contributed by atoms with Crippen LogP contribution in [0.1, 0.15) is 82.6 Å². The Labute approximate surface area is 256 Å². The lowest BCUT2D eigenvalue weighted by molar-refractivity contribution is -0.228. The number of amides is 1. The average Bonchev–Trinajstić information content (AvgIpc) is 3.63. The summed E-state index contributed by atoms with van der Waals surface area (Å²) in [5.74, 6) is -0.334. The average molecular weight is 583 g/mol. The Hall–Kier alpha value is -3.39. The molecule has 3 aliphatic heterocycles. The first kappa shape index (κ1) is 24.0. The molecule has 3 aromatic carbocycles. The van der Waals surface area contributed by atoms with E-state index in [9.17, 15) is 11.3 Å². The maximum Gasteiger partial charge on any atom is 0.255 e. The number of carbonyl (C=O) groups is 1. The molecule has 0 spiro atoms. The Morgan fingerprint density at radius 3 is 2.44 bits per heavy atom. The molecule has 0 aliphatic carbocycles. The van der Waals surface area contributed by atoms with Crippen LogP contribution in [0.25, 0.3) is 43.6 Å². The number of nitrogens with zero attached hydrogens (tertiary/aromatic N) is 3. The van der Waals surface area contributed by atoms with Crippen LogP contribution in [0.4, 0.5) is 0 Å². The van der Waals surface area contributed by atoms with Crippen molar-refractivity contribution in [1.82, 2.24) is 14.0 Å². The molecule has 2 aromatic heterocycles. The summed E-state index contributed by atoms with van der Waals surface area (Å²) in [6, 6.07) is 1.90. The summed E-state index contributed by atoms with van der Waals surface area (Å²) in [4.78, 5) is 16.3. The standard InChI is InChI=1S/C36H41N3O4/c1-17(2)36-35(41,16-42-10)15-24(43-36)38-22-13-11-12-18(3)25(22)27-29-30(34(7,8)37(9)33(29)40)28-26-21(6)20(5)19(4)14-23(26)39(36)32(28)31(27)38/h11-14,17,24,41H,15-16H2,1-10H3/t24-,35+,36+/m1/s1/i11D,12D,13D. The van der Waals surface area contributed by atoms with Gasteiger partial charge >= 0.3 is 0 Å². The van der Waals surface area contributed by atoms with Gasteiger partial charge in [0.1, 0.15) is 11.8 Å². The number of ether oxygens (including phenoxy) is 2. The Kier molecular flexibility index (Phi) is 4.47. The second kappa shape index (κ2) is 8.00. The molecule has 1 amide bonds. The number of aromatic nitrogens is 2. The molecule has 43 heavy (non-hydrogen) atoms. The molecule has 1 fully saturated rings. The summed E-state index contributed by atoms with van der Waals surface area (Å²) < 4.78 is 44.1. The second-order valence-corrected chi connectivity index (χ2v) is 14.0. The third-order valence-corrected chi connectivity index (χ3v) is 11.3. The fourth-order valence-corrected chi connectivity index (χ4v) is 9.00. The van der Waals surface area contributed by atoms with E-state index < -0.39 is 23.1 Å². The lowest BCUT2D eigenvalue weighted by Crippen LogP contribution is -2.58. The molecule has 2 bridgehead atoms. The first-order valence-corrected chi connectivity index (χ1v) is 15.2. The minimum atomic E-state index is -1.47. The maximum absolute atomic E-state index is 14.5. The van der Waals surface area contributed by atoms with Gasteiger partial charge in [-0.25, -0.2) is 0 Å². The van der Waals surface area contributed by atoms with Crippen molar-refractivity contribution in [3.63, 3.8) is 0 Å². The van der Waals surface area contributed by atoms with Gasteiger partial charge in [0.25, 0.3) is 5.91 Å². The van der Waals surface area contributed by atoms with E-state index in [0.29, 0.717) is 27.4 Å². The highest BCUT2D eigenvalue weighted by Gasteiger charge is 2.65. The molecule has 0 unspecified atom stereocenters. The lowest BCUT2D eigenvalue weighted by Gasteiger charge is -2.45. The number of benzene rings is 3. The van der Waals surface area contributed by atoms with Crippen LogP contribution in [0.3, 0.4) is 0 Å². The Morgan fingerprint density at radius 2 is 1.77 bits per heavy atom. The molecule has 5 aromatic rings. The van der Waals surface area contributed by atoms with Crippen molar-refractivity contribution in [1.29, 1.82) is 0 Å².